The van der Waals surface area contributed by atoms with Crippen molar-refractivity contribution in [3.63, 3.8) is 0 Å². The number of nitrogens with zero attached hydrogens (tertiary/aromatic N) is 1. The van der Waals surface area contributed by atoms with Crippen LogP contribution in [0, 0.1) is 5.82 Å². The van der Waals surface area contributed by atoms with Gasteiger partial charge in [-0.2, -0.15) is 0 Å². The summed E-state index contributed by atoms with van der Waals surface area (Å²) in [5.74, 6) is -0.113. The number of amides is 2. The summed E-state index contributed by atoms with van der Waals surface area (Å²) in [6.07, 6.45) is 1.01. The summed E-state index contributed by atoms with van der Waals surface area (Å²) in [6, 6.07) is 3.67. The summed E-state index contributed by atoms with van der Waals surface area (Å²) < 4.78 is 18.5. The van der Waals surface area contributed by atoms with Crippen LogP contribution in [0.15, 0.2) is 18.2 Å². The number of anilines is 1. The largest absolute Gasteiger partial charge is 0.492 e. The Morgan fingerprint density at radius 3 is 3.10 bits per heavy atom. The Balaban J connectivity index is 2.06. The Bertz CT molecular complexity index is 481. The SMILES string of the molecule is CCOc1cc(F)ccc1NC(=O)N1CCC[C@@H](O)C1. The third kappa shape index (κ3) is 3.60. The van der Waals surface area contributed by atoms with Crippen molar-refractivity contribution in [3.8, 4) is 5.75 Å². The lowest BCUT2D eigenvalue weighted by Gasteiger charge is -2.30. The number of urea groups is 1. The lowest BCUT2D eigenvalue weighted by atomic mass is 10.1. The lowest BCUT2D eigenvalue weighted by molar-refractivity contribution is 0.0883. The molecule has 2 amide bonds. The molecule has 1 aromatic carbocycles. The van der Waals surface area contributed by atoms with Crippen molar-refractivity contribution in [2.45, 2.75) is 25.9 Å². The predicted octanol–water partition coefficient (Wildman–Crippen LogP) is 2.21. The molecule has 1 fully saturated rings. The Morgan fingerprint density at radius 2 is 2.40 bits per heavy atom. The van der Waals surface area contributed by atoms with Crippen LogP contribution in [0.25, 0.3) is 0 Å². The van der Waals surface area contributed by atoms with Crippen LogP contribution in [0.3, 0.4) is 0 Å². The summed E-state index contributed by atoms with van der Waals surface area (Å²) in [5, 5.41) is 12.3. The molecule has 0 spiro atoms. The number of aliphatic hydroxyl groups is 1. The number of ether oxygens (including phenoxy) is 1. The molecule has 1 aliphatic rings. The number of carbonyl (C=O) groups excluding carboxylic acids is 1. The fourth-order valence-electron chi connectivity index (χ4n) is 2.21. The first-order valence-corrected chi connectivity index (χ1v) is 6.76. The second-order valence-electron chi connectivity index (χ2n) is 4.75. The summed E-state index contributed by atoms with van der Waals surface area (Å²) >= 11 is 0. The highest BCUT2D eigenvalue weighted by Crippen LogP contribution is 2.26. The quantitative estimate of drug-likeness (QED) is 0.893. The van der Waals surface area contributed by atoms with Gasteiger partial charge in [-0.05, 0) is 31.9 Å². The number of hydrogen-bond donors (Lipinski definition) is 2. The highest BCUT2D eigenvalue weighted by molar-refractivity contribution is 5.91. The van der Waals surface area contributed by atoms with E-state index in [-0.39, 0.29) is 6.03 Å². The number of piperidine rings is 1. The molecule has 6 heteroatoms. The zero-order valence-electron chi connectivity index (χ0n) is 11.4. The van der Waals surface area contributed by atoms with Crippen LogP contribution in [-0.2, 0) is 0 Å². The predicted molar refractivity (Wildman–Crippen MR) is 73.4 cm³/mol. The number of hydrogen-bond acceptors (Lipinski definition) is 3. The van der Waals surface area contributed by atoms with E-state index < -0.39 is 11.9 Å². The van der Waals surface area contributed by atoms with Gasteiger partial charge >= 0.3 is 6.03 Å². The topological polar surface area (TPSA) is 61.8 Å². The van der Waals surface area contributed by atoms with Crippen molar-refractivity contribution >= 4 is 11.7 Å². The first-order chi connectivity index (χ1) is 9.60. The standard InChI is InChI=1S/C14H19FN2O3/c1-2-20-13-8-10(15)5-6-12(13)16-14(19)17-7-3-4-11(18)9-17/h5-6,8,11,18H,2-4,7,9H2,1H3,(H,16,19)/t11-/m1/s1. The molecule has 110 valence electrons. The smallest absolute Gasteiger partial charge is 0.322 e. The van der Waals surface area contributed by atoms with E-state index in [0.29, 0.717) is 37.6 Å². The van der Waals surface area contributed by atoms with Gasteiger partial charge in [0.15, 0.2) is 0 Å². The minimum Gasteiger partial charge on any atom is -0.492 e. The van der Waals surface area contributed by atoms with E-state index in [1.54, 1.807) is 11.8 Å². The molecule has 1 aliphatic heterocycles. The third-order valence-electron chi connectivity index (χ3n) is 3.17. The van der Waals surface area contributed by atoms with Gasteiger partial charge in [0.1, 0.15) is 11.6 Å². The molecule has 0 saturated carbocycles. The third-order valence-corrected chi connectivity index (χ3v) is 3.17. The number of carbonyl (C=O) groups is 1. The Labute approximate surface area is 117 Å². The number of aliphatic hydroxyl groups excluding tert-OH is 1. The molecule has 1 heterocycles. The summed E-state index contributed by atoms with van der Waals surface area (Å²) in [7, 11) is 0. The van der Waals surface area contributed by atoms with Gasteiger partial charge in [0.25, 0.3) is 0 Å². The first-order valence-electron chi connectivity index (χ1n) is 6.76. The van der Waals surface area contributed by atoms with E-state index in [0.717, 1.165) is 6.42 Å². The number of nitrogens with one attached hydrogen (secondary N) is 1. The van der Waals surface area contributed by atoms with Gasteiger partial charge in [-0.15, -0.1) is 0 Å². The van der Waals surface area contributed by atoms with Gasteiger partial charge < -0.3 is 20.1 Å². The molecule has 0 bridgehead atoms. The van der Waals surface area contributed by atoms with Crippen molar-refractivity contribution in [2.75, 3.05) is 25.0 Å². The van der Waals surface area contributed by atoms with Crippen LogP contribution in [0.1, 0.15) is 19.8 Å². The maximum Gasteiger partial charge on any atom is 0.322 e. The van der Waals surface area contributed by atoms with Gasteiger partial charge in [0.05, 0.1) is 18.4 Å². The maximum absolute atomic E-state index is 13.2. The molecule has 0 aliphatic carbocycles. The molecular weight excluding hydrogens is 263 g/mol. The minimum atomic E-state index is -0.478. The van der Waals surface area contributed by atoms with Crippen LogP contribution < -0.4 is 10.1 Å². The van der Waals surface area contributed by atoms with E-state index in [1.807, 2.05) is 0 Å². The highest BCUT2D eigenvalue weighted by atomic mass is 19.1. The van der Waals surface area contributed by atoms with Gasteiger partial charge in [0.2, 0.25) is 0 Å². The van der Waals surface area contributed by atoms with Crippen molar-refractivity contribution < 1.29 is 19.0 Å². The normalized spacial score (nSPS) is 18.8. The molecular formula is C14H19FN2O3. The van der Waals surface area contributed by atoms with Crippen LogP contribution in [0.5, 0.6) is 5.75 Å². The van der Waals surface area contributed by atoms with Crippen LogP contribution in [-0.4, -0.2) is 41.8 Å². The van der Waals surface area contributed by atoms with Crippen LogP contribution in [0.2, 0.25) is 0 Å². The van der Waals surface area contributed by atoms with Crippen molar-refractivity contribution in [1.29, 1.82) is 0 Å². The highest BCUT2D eigenvalue weighted by Gasteiger charge is 2.22. The van der Waals surface area contributed by atoms with Gasteiger partial charge in [-0.1, -0.05) is 0 Å². The number of β-amino-alcohol motifs (C(OH)–C–C–N with tert-alkyl or cyclic N) is 1. The number of rotatable bonds is 3. The molecule has 5 nitrogen and oxygen atoms in total. The van der Waals surface area contributed by atoms with Gasteiger partial charge in [0, 0.05) is 19.2 Å². The molecule has 2 rings (SSSR count). The average Bonchev–Trinajstić information content (AvgIpc) is 2.42. The molecule has 1 atom stereocenters. The summed E-state index contributed by atoms with van der Waals surface area (Å²) in [4.78, 5) is 13.7. The van der Waals surface area contributed by atoms with E-state index >= 15 is 0 Å². The second-order valence-corrected chi connectivity index (χ2v) is 4.75. The Hall–Kier alpha value is -1.82. The number of likely N-dealkylation sites (tertiary alicyclic amines) is 1. The number of benzene rings is 1. The van der Waals surface area contributed by atoms with Gasteiger partial charge in [-0.3, -0.25) is 0 Å². The van der Waals surface area contributed by atoms with Gasteiger partial charge in [-0.25, -0.2) is 9.18 Å². The fraction of sp³-hybridized carbons (Fsp3) is 0.500. The minimum absolute atomic E-state index is 0.304. The molecule has 0 unspecified atom stereocenters. The molecule has 0 aromatic heterocycles. The zero-order chi connectivity index (χ0) is 14.5. The van der Waals surface area contributed by atoms with E-state index in [9.17, 15) is 14.3 Å². The summed E-state index contributed by atoms with van der Waals surface area (Å²) in [6.45, 7) is 3.09. The summed E-state index contributed by atoms with van der Waals surface area (Å²) in [5.41, 5.74) is 0.429. The van der Waals surface area contributed by atoms with E-state index in [1.165, 1.54) is 18.2 Å². The first kappa shape index (κ1) is 14.6. The molecule has 1 saturated heterocycles. The van der Waals surface area contributed by atoms with Crippen molar-refractivity contribution in [1.82, 2.24) is 4.90 Å². The Morgan fingerprint density at radius 1 is 1.60 bits per heavy atom. The molecule has 20 heavy (non-hydrogen) atoms. The lowest BCUT2D eigenvalue weighted by Crippen LogP contribution is -2.44. The molecule has 2 N–H and O–H groups in total. The fourth-order valence-corrected chi connectivity index (χ4v) is 2.21. The van der Waals surface area contributed by atoms with Crippen LogP contribution >= 0.6 is 0 Å². The second kappa shape index (κ2) is 6.56. The van der Waals surface area contributed by atoms with Crippen molar-refractivity contribution in [2.24, 2.45) is 0 Å². The zero-order valence-corrected chi connectivity index (χ0v) is 11.4. The molecule has 0 radical (unpaired) electrons. The molecule has 1 aromatic rings. The number of halogens is 1. The van der Waals surface area contributed by atoms with Crippen LogP contribution in [0.4, 0.5) is 14.9 Å². The van der Waals surface area contributed by atoms with E-state index in [2.05, 4.69) is 5.32 Å². The monoisotopic (exact) mass is 282 g/mol. The average molecular weight is 282 g/mol. The van der Waals surface area contributed by atoms with Crippen molar-refractivity contribution in [3.05, 3.63) is 24.0 Å². The Kier molecular flexibility index (Phi) is 4.79. The maximum atomic E-state index is 13.2. The van der Waals surface area contributed by atoms with E-state index in [4.69, 9.17) is 4.74 Å².